The molecule has 0 aromatic heterocycles. The van der Waals surface area contributed by atoms with Crippen LogP contribution in [0.1, 0.15) is 36.2 Å². The van der Waals surface area contributed by atoms with Gasteiger partial charge in [0, 0.05) is 38.3 Å². The molecule has 1 N–H and O–H groups in total. The summed E-state index contributed by atoms with van der Waals surface area (Å²) in [4.78, 5) is 14.8. The van der Waals surface area contributed by atoms with Crippen LogP contribution >= 0.6 is 0 Å². The summed E-state index contributed by atoms with van der Waals surface area (Å²) in [7, 11) is -3.56. The van der Waals surface area contributed by atoms with Gasteiger partial charge in [0.2, 0.25) is 10.0 Å². The number of rotatable bonds is 5. The van der Waals surface area contributed by atoms with Crippen LogP contribution in [-0.2, 0) is 10.0 Å². The van der Waals surface area contributed by atoms with Crippen molar-refractivity contribution in [3.8, 4) is 0 Å². The van der Waals surface area contributed by atoms with Gasteiger partial charge in [-0.2, -0.15) is 4.31 Å². The average molecular weight is 353 g/mol. The Labute approximate surface area is 144 Å². The molecule has 1 aliphatic heterocycles. The van der Waals surface area contributed by atoms with Crippen molar-refractivity contribution >= 4 is 15.9 Å². The number of hydrogen-bond donors (Lipinski definition) is 1. The average Bonchev–Trinajstić information content (AvgIpc) is 2.84. The lowest BCUT2D eigenvalue weighted by atomic mass is 10.1. The second-order valence-electron chi connectivity index (χ2n) is 5.96. The summed E-state index contributed by atoms with van der Waals surface area (Å²) < 4.78 is 26.8. The fourth-order valence-electron chi connectivity index (χ4n) is 2.92. The van der Waals surface area contributed by atoms with Crippen molar-refractivity contribution in [3.63, 3.8) is 0 Å². The molecule has 6 nitrogen and oxygen atoms in total. The summed E-state index contributed by atoms with van der Waals surface area (Å²) >= 11 is 0. The van der Waals surface area contributed by atoms with E-state index in [1.165, 1.54) is 10.4 Å². The maximum Gasteiger partial charge on any atom is 0.254 e. The number of carbonyl (C=O) groups excluding carboxylic acids is 1. The zero-order chi connectivity index (χ0) is 17.7. The van der Waals surface area contributed by atoms with E-state index in [4.69, 9.17) is 0 Å². The molecular formula is C17H27N3O3S. The van der Waals surface area contributed by atoms with Crippen LogP contribution in [0.25, 0.3) is 0 Å². The zero-order valence-corrected chi connectivity index (χ0v) is 15.5. The van der Waals surface area contributed by atoms with Crippen LogP contribution in [0.3, 0.4) is 0 Å². The molecule has 2 rings (SSSR count). The Morgan fingerprint density at radius 2 is 1.92 bits per heavy atom. The minimum atomic E-state index is -3.56. The van der Waals surface area contributed by atoms with Crippen molar-refractivity contribution in [1.29, 1.82) is 0 Å². The summed E-state index contributed by atoms with van der Waals surface area (Å²) in [5.74, 6) is -0.0900. The van der Waals surface area contributed by atoms with Gasteiger partial charge in [0.15, 0.2) is 0 Å². The molecule has 0 radical (unpaired) electrons. The van der Waals surface area contributed by atoms with Crippen molar-refractivity contribution in [2.24, 2.45) is 0 Å². The van der Waals surface area contributed by atoms with Gasteiger partial charge in [-0.05, 0) is 37.6 Å². The van der Waals surface area contributed by atoms with Gasteiger partial charge in [0.1, 0.15) is 0 Å². The number of amides is 1. The molecule has 1 saturated heterocycles. The Morgan fingerprint density at radius 1 is 1.21 bits per heavy atom. The summed E-state index contributed by atoms with van der Waals surface area (Å²) in [6.45, 7) is 9.29. The second-order valence-corrected chi connectivity index (χ2v) is 7.90. The first kappa shape index (κ1) is 18.9. The molecule has 0 saturated carbocycles. The predicted molar refractivity (Wildman–Crippen MR) is 94.7 cm³/mol. The minimum Gasteiger partial charge on any atom is -0.337 e. The number of carbonyl (C=O) groups is 1. The molecule has 0 bridgehead atoms. The molecule has 24 heavy (non-hydrogen) atoms. The van der Waals surface area contributed by atoms with Crippen molar-refractivity contribution in [2.45, 2.75) is 32.1 Å². The molecule has 1 heterocycles. The van der Waals surface area contributed by atoms with Gasteiger partial charge in [-0.25, -0.2) is 8.42 Å². The highest BCUT2D eigenvalue weighted by Gasteiger charge is 2.25. The van der Waals surface area contributed by atoms with Gasteiger partial charge in [-0.1, -0.05) is 19.9 Å². The van der Waals surface area contributed by atoms with E-state index >= 15 is 0 Å². The van der Waals surface area contributed by atoms with E-state index in [9.17, 15) is 13.2 Å². The van der Waals surface area contributed by atoms with E-state index in [1.54, 1.807) is 17.0 Å². The minimum absolute atomic E-state index is 0.0900. The van der Waals surface area contributed by atoms with E-state index in [2.05, 4.69) is 5.32 Å². The largest absolute Gasteiger partial charge is 0.337 e. The third kappa shape index (κ3) is 3.96. The highest BCUT2D eigenvalue weighted by molar-refractivity contribution is 7.89. The summed E-state index contributed by atoms with van der Waals surface area (Å²) in [6.07, 6.45) is 0.905. The van der Waals surface area contributed by atoms with Crippen molar-refractivity contribution in [2.75, 3.05) is 39.3 Å². The second kappa shape index (κ2) is 8.09. The molecule has 0 unspecified atom stereocenters. The Kier molecular flexibility index (Phi) is 6.37. The van der Waals surface area contributed by atoms with Crippen LogP contribution in [0.2, 0.25) is 0 Å². The molecule has 0 spiro atoms. The first-order chi connectivity index (χ1) is 11.4. The molecule has 1 fully saturated rings. The smallest absolute Gasteiger partial charge is 0.254 e. The van der Waals surface area contributed by atoms with E-state index < -0.39 is 10.0 Å². The number of hydrogen-bond acceptors (Lipinski definition) is 4. The van der Waals surface area contributed by atoms with Crippen LogP contribution in [-0.4, -0.2) is 62.8 Å². The zero-order valence-electron chi connectivity index (χ0n) is 14.7. The van der Waals surface area contributed by atoms with E-state index in [0.717, 1.165) is 25.1 Å². The molecule has 134 valence electrons. The van der Waals surface area contributed by atoms with Gasteiger partial charge >= 0.3 is 0 Å². The predicted octanol–water partition coefficient (Wildman–Crippen LogP) is 1.46. The molecule has 7 heteroatoms. The SMILES string of the molecule is CCN(CC)S(=O)(=O)c1ccc(C)c(C(=O)N2CCCNCC2)c1. The van der Waals surface area contributed by atoms with Crippen molar-refractivity contribution in [1.82, 2.24) is 14.5 Å². The van der Waals surface area contributed by atoms with Gasteiger partial charge in [0.25, 0.3) is 5.91 Å². The first-order valence-electron chi connectivity index (χ1n) is 8.52. The number of benzene rings is 1. The quantitative estimate of drug-likeness (QED) is 0.870. The Balaban J connectivity index is 2.36. The standard InChI is InChI=1S/C17H27N3O3S/c1-4-20(5-2)24(22,23)15-8-7-14(3)16(13-15)17(21)19-11-6-9-18-10-12-19/h7-8,13,18H,4-6,9-12H2,1-3H3. The van der Waals surface area contributed by atoms with E-state index in [1.807, 2.05) is 20.8 Å². The van der Waals surface area contributed by atoms with Crippen molar-refractivity contribution < 1.29 is 13.2 Å². The van der Waals surface area contributed by atoms with Crippen molar-refractivity contribution in [3.05, 3.63) is 29.3 Å². The van der Waals surface area contributed by atoms with Crippen LogP contribution in [0, 0.1) is 6.92 Å². The first-order valence-corrected chi connectivity index (χ1v) is 9.96. The number of aryl methyl sites for hydroxylation is 1. The molecule has 0 aliphatic carbocycles. The highest BCUT2D eigenvalue weighted by atomic mass is 32.2. The fraction of sp³-hybridized carbons (Fsp3) is 0.588. The normalized spacial score (nSPS) is 16.2. The topological polar surface area (TPSA) is 69.7 Å². The lowest BCUT2D eigenvalue weighted by molar-refractivity contribution is 0.0765. The number of sulfonamides is 1. The summed E-state index contributed by atoms with van der Waals surface area (Å²) in [5.41, 5.74) is 1.28. The van der Waals surface area contributed by atoms with Crippen LogP contribution in [0.4, 0.5) is 0 Å². The molecule has 1 amide bonds. The Bertz CT molecular complexity index is 676. The highest BCUT2D eigenvalue weighted by Crippen LogP contribution is 2.21. The summed E-state index contributed by atoms with van der Waals surface area (Å²) in [5, 5.41) is 3.27. The third-order valence-electron chi connectivity index (χ3n) is 4.41. The lowest BCUT2D eigenvalue weighted by Crippen LogP contribution is -2.35. The maximum atomic E-state index is 12.9. The van der Waals surface area contributed by atoms with Gasteiger partial charge in [-0.3, -0.25) is 4.79 Å². The molecule has 0 atom stereocenters. The number of nitrogens with one attached hydrogen (secondary N) is 1. The molecule has 1 aromatic carbocycles. The molecular weight excluding hydrogens is 326 g/mol. The van der Waals surface area contributed by atoms with Crippen LogP contribution < -0.4 is 5.32 Å². The van der Waals surface area contributed by atoms with E-state index in [-0.39, 0.29) is 10.8 Å². The van der Waals surface area contributed by atoms with Crippen LogP contribution in [0.5, 0.6) is 0 Å². The number of nitrogens with zero attached hydrogens (tertiary/aromatic N) is 2. The van der Waals surface area contributed by atoms with E-state index in [0.29, 0.717) is 31.7 Å². The Morgan fingerprint density at radius 3 is 2.58 bits per heavy atom. The fourth-order valence-corrected chi connectivity index (χ4v) is 4.41. The lowest BCUT2D eigenvalue weighted by Gasteiger charge is -2.22. The van der Waals surface area contributed by atoms with Crippen LogP contribution in [0.15, 0.2) is 23.1 Å². The van der Waals surface area contributed by atoms with Gasteiger partial charge in [0.05, 0.1) is 4.90 Å². The maximum absolute atomic E-state index is 12.9. The monoisotopic (exact) mass is 353 g/mol. The van der Waals surface area contributed by atoms with Gasteiger partial charge < -0.3 is 10.2 Å². The molecule has 1 aromatic rings. The third-order valence-corrected chi connectivity index (χ3v) is 6.46. The Hall–Kier alpha value is -1.44. The molecule has 1 aliphatic rings. The summed E-state index contributed by atoms with van der Waals surface area (Å²) in [6, 6.07) is 4.84. The van der Waals surface area contributed by atoms with Gasteiger partial charge in [-0.15, -0.1) is 0 Å².